The van der Waals surface area contributed by atoms with Crippen molar-refractivity contribution in [3.8, 4) is 0 Å². The zero-order chi connectivity index (χ0) is 13.2. The average Bonchev–Trinajstić information content (AvgIpc) is 3.03. The predicted molar refractivity (Wildman–Crippen MR) is 72.3 cm³/mol. The number of aromatic nitrogens is 4. The molecule has 0 atom stereocenters. The summed E-state index contributed by atoms with van der Waals surface area (Å²) in [6, 6.07) is 3.79. The van der Waals surface area contributed by atoms with Crippen LogP contribution in [0.2, 0.25) is 5.15 Å². The number of rotatable bonds is 3. The Kier molecular flexibility index (Phi) is 3.38. The fourth-order valence-electron chi connectivity index (χ4n) is 2.53. The van der Waals surface area contributed by atoms with Crippen LogP contribution in [0.1, 0.15) is 37.4 Å². The molecule has 0 amide bonds. The van der Waals surface area contributed by atoms with E-state index >= 15 is 0 Å². The Morgan fingerprint density at radius 1 is 1.37 bits per heavy atom. The normalized spacial score (nSPS) is 16.1. The van der Waals surface area contributed by atoms with E-state index in [9.17, 15) is 4.79 Å². The average molecular weight is 279 g/mol. The Morgan fingerprint density at radius 2 is 2.16 bits per heavy atom. The molecule has 1 fully saturated rings. The minimum atomic E-state index is -0.157. The van der Waals surface area contributed by atoms with Crippen LogP contribution in [-0.4, -0.2) is 19.3 Å². The van der Waals surface area contributed by atoms with E-state index in [0.717, 1.165) is 5.69 Å². The molecule has 0 saturated heterocycles. The van der Waals surface area contributed by atoms with E-state index in [2.05, 4.69) is 10.1 Å². The molecule has 2 heterocycles. The fraction of sp³-hybridized carbons (Fsp3) is 0.462. The van der Waals surface area contributed by atoms with Crippen LogP contribution in [0.5, 0.6) is 0 Å². The Hall–Kier alpha value is -1.62. The molecule has 100 valence electrons. The molecule has 2 aromatic rings. The molecular weight excluding hydrogens is 264 g/mol. The lowest BCUT2D eigenvalue weighted by Gasteiger charge is -2.09. The van der Waals surface area contributed by atoms with Crippen LogP contribution >= 0.6 is 11.6 Å². The fourth-order valence-corrected chi connectivity index (χ4v) is 2.67. The van der Waals surface area contributed by atoms with E-state index in [1.165, 1.54) is 42.6 Å². The van der Waals surface area contributed by atoms with Gasteiger partial charge in [0.05, 0.1) is 24.6 Å². The van der Waals surface area contributed by atoms with Gasteiger partial charge in [-0.2, -0.15) is 5.10 Å². The van der Waals surface area contributed by atoms with Gasteiger partial charge in [-0.15, -0.1) is 0 Å². The summed E-state index contributed by atoms with van der Waals surface area (Å²) >= 11 is 5.67. The van der Waals surface area contributed by atoms with Crippen LogP contribution in [0, 0.1) is 0 Å². The zero-order valence-corrected chi connectivity index (χ0v) is 11.3. The lowest BCUT2D eigenvalue weighted by atomic mass is 10.3. The molecular formula is C13H15ClN4O. The summed E-state index contributed by atoms with van der Waals surface area (Å²) in [6.45, 7) is 0.433. The molecule has 0 unspecified atom stereocenters. The number of hydrogen-bond acceptors (Lipinski definition) is 3. The van der Waals surface area contributed by atoms with Gasteiger partial charge in [0.15, 0.2) is 0 Å². The number of hydrogen-bond donors (Lipinski definition) is 0. The molecule has 3 rings (SSSR count). The third kappa shape index (κ3) is 2.71. The van der Waals surface area contributed by atoms with E-state index in [1.54, 1.807) is 0 Å². The van der Waals surface area contributed by atoms with Crippen LogP contribution < -0.4 is 5.56 Å². The second-order valence-electron chi connectivity index (χ2n) is 4.90. The van der Waals surface area contributed by atoms with Crippen molar-refractivity contribution in [3.63, 3.8) is 0 Å². The number of halogens is 1. The Morgan fingerprint density at radius 3 is 2.89 bits per heavy atom. The van der Waals surface area contributed by atoms with Crippen molar-refractivity contribution < 1.29 is 0 Å². The topological polar surface area (TPSA) is 52.7 Å². The molecule has 2 aromatic heterocycles. The zero-order valence-electron chi connectivity index (χ0n) is 10.5. The van der Waals surface area contributed by atoms with E-state index in [-0.39, 0.29) is 10.7 Å². The lowest BCUT2D eigenvalue weighted by molar-refractivity contribution is 0.461. The van der Waals surface area contributed by atoms with Gasteiger partial charge in [0, 0.05) is 12.3 Å². The van der Waals surface area contributed by atoms with Crippen LogP contribution in [0.15, 0.2) is 29.5 Å². The summed E-state index contributed by atoms with van der Waals surface area (Å²) in [7, 11) is 0. The van der Waals surface area contributed by atoms with Crippen molar-refractivity contribution in [1.29, 1.82) is 0 Å². The molecule has 0 bridgehead atoms. The molecule has 0 radical (unpaired) electrons. The van der Waals surface area contributed by atoms with Crippen molar-refractivity contribution in [2.24, 2.45) is 0 Å². The monoisotopic (exact) mass is 278 g/mol. The summed E-state index contributed by atoms with van der Waals surface area (Å²) in [6.07, 6.45) is 8.41. The van der Waals surface area contributed by atoms with Crippen molar-refractivity contribution in [1.82, 2.24) is 19.3 Å². The van der Waals surface area contributed by atoms with Crippen LogP contribution in [-0.2, 0) is 6.54 Å². The molecule has 1 aliphatic rings. The highest BCUT2D eigenvalue weighted by Crippen LogP contribution is 2.28. The van der Waals surface area contributed by atoms with Crippen molar-refractivity contribution in [2.75, 3.05) is 0 Å². The maximum atomic E-state index is 11.7. The lowest BCUT2D eigenvalue weighted by Crippen LogP contribution is -2.20. The van der Waals surface area contributed by atoms with E-state index in [1.807, 2.05) is 16.9 Å². The minimum Gasteiger partial charge on any atom is -0.293 e. The van der Waals surface area contributed by atoms with Crippen LogP contribution in [0.3, 0.4) is 0 Å². The molecule has 1 aliphatic carbocycles. The van der Waals surface area contributed by atoms with E-state index in [0.29, 0.717) is 12.6 Å². The van der Waals surface area contributed by atoms with Gasteiger partial charge in [-0.1, -0.05) is 24.4 Å². The predicted octanol–water partition coefficient (Wildman–Crippen LogP) is 2.26. The second kappa shape index (κ2) is 5.17. The molecule has 19 heavy (non-hydrogen) atoms. The van der Waals surface area contributed by atoms with Gasteiger partial charge in [-0.3, -0.25) is 14.0 Å². The van der Waals surface area contributed by atoms with Gasteiger partial charge in [0.2, 0.25) is 0 Å². The van der Waals surface area contributed by atoms with E-state index < -0.39 is 0 Å². The Bertz CT molecular complexity index is 628. The summed E-state index contributed by atoms with van der Waals surface area (Å²) in [5, 5.41) is 4.77. The summed E-state index contributed by atoms with van der Waals surface area (Å²) in [4.78, 5) is 15.6. The van der Waals surface area contributed by atoms with Gasteiger partial charge in [0.1, 0.15) is 5.15 Å². The maximum Gasteiger partial charge on any atom is 0.255 e. The molecule has 0 aromatic carbocycles. The maximum absolute atomic E-state index is 11.7. The van der Waals surface area contributed by atoms with Crippen molar-refractivity contribution in [3.05, 3.63) is 45.9 Å². The van der Waals surface area contributed by atoms with E-state index in [4.69, 9.17) is 11.6 Å². The molecule has 0 N–H and O–H groups in total. The molecule has 6 heteroatoms. The third-order valence-electron chi connectivity index (χ3n) is 3.54. The highest BCUT2D eigenvalue weighted by molar-refractivity contribution is 6.29. The standard InChI is InChI=1S/C13H15ClN4O/c14-12-7-13(19)17(9-15-12)8-10-5-6-18(16-10)11-3-1-2-4-11/h5-7,9,11H,1-4,8H2. The van der Waals surface area contributed by atoms with Crippen molar-refractivity contribution >= 4 is 11.6 Å². The molecule has 0 spiro atoms. The van der Waals surface area contributed by atoms with Crippen LogP contribution in [0.4, 0.5) is 0 Å². The van der Waals surface area contributed by atoms with Crippen LogP contribution in [0.25, 0.3) is 0 Å². The third-order valence-corrected chi connectivity index (χ3v) is 3.75. The first-order valence-corrected chi connectivity index (χ1v) is 6.86. The number of nitrogens with zero attached hydrogens (tertiary/aromatic N) is 4. The summed E-state index contributed by atoms with van der Waals surface area (Å²) in [5.74, 6) is 0. The quantitative estimate of drug-likeness (QED) is 0.809. The first-order valence-electron chi connectivity index (χ1n) is 6.48. The second-order valence-corrected chi connectivity index (χ2v) is 5.29. The van der Waals surface area contributed by atoms with Gasteiger partial charge < -0.3 is 0 Å². The molecule has 5 nitrogen and oxygen atoms in total. The minimum absolute atomic E-state index is 0.157. The summed E-state index contributed by atoms with van der Waals surface area (Å²) < 4.78 is 3.53. The van der Waals surface area contributed by atoms with Gasteiger partial charge in [-0.05, 0) is 18.9 Å². The summed E-state index contributed by atoms with van der Waals surface area (Å²) in [5.41, 5.74) is 0.716. The first-order chi connectivity index (χ1) is 9.22. The Labute approximate surface area is 115 Å². The largest absolute Gasteiger partial charge is 0.293 e. The van der Waals surface area contributed by atoms with Gasteiger partial charge in [-0.25, -0.2) is 4.98 Å². The molecule has 1 saturated carbocycles. The highest BCUT2D eigenvalue weighted by Gasteiger charge is 2.17. The van der Waals surface area contributed by atoms with Crippen molar-refractivity contribution in [2.45, 2.75) is 38.3 Å². The smallest absolute Gasteiger partial charge is 0.255 e. The van der Waals surface area contributed by atoms with Gasteiger partial charge in [0.25, 0.3) is 5.56 Å². The SMILES string of the molecule is O=c1cc(Cl)ncn1Cc1ccn(C2CCCC2)n1. The molecule has 0 aliphatic heterocycles. The first kappa shape index (κ1) is 12.4. The van der Waals surface area contributed by atoms with Gasteiger partial charge >= 0.3 is 0 Å². The Balaban J connectivity index is 1.78. The highest BCUT2D eigenvalue weighted by atomic mass is 35.5.